The van der Waals surface area contributed by atoms with Crippen molar-refractivity contribution in [3.63, 3.8) is 0 Å². The number of carbonyl (C=O) groups excluding carboxylic acids is 1. The number of methoxy groups -OCH3 is 2. The van der Waals surface area contributed by atoms with Crippen LogP contribution in [0.4, 0.5) is 5.69 Å². The predicted molar refractivity (Wildman–Crippen MR) is 92.9 cm³/mol. The van der Waals surface area contributed by atoms with E-state index in [1.54, 1.807) is 19.9 Å². The first kappa shape index (κ1) is 18.3. The third-order valence-electron chi connectivity index (χ3n) is 3.77. The number of aromatic nitrogens is 1. The molecular formula is C18H20N2O5. The maximum Gasteiger partial charge on any atom is 0.339 e. The minimum Gasteiger partial charge on any atom is -0.496 e. The van der Waals surface area contributed by atoms with Gasteiger partial charge in [0.2, 0.25) is 0 Å². The molecule has 0 aliphatic heterocycles. The van der Waals surface area contributed by atoms with Crippen molar-refractivity contribution in [3.05, 3.63) is 46.3 Å². The van der Waals surface area contributed by atoms with Gasteiger partial charge in [-0.25, -0.2) is 4.79 Å². The smallest absolute Gasteiger partial charge is 0.339 e. The van der Waals surface area contributed by atoms with Gasteiger partial charge in [-0.15, -0.1) is 0 Å². The summed E-state index contributed by atoms with van der Waals surface area (Å²) in [6.07, 6.45) is 0. The lowest BCUT2D eigenvalue weighted by Crippen LogP contribution is -2.17. The number of nitrogens with one attached hydrogen (secondary N) is 1. The SMILES string of the molecule is COc1cc(C)c(C(=O)Nc2c(OC)cc(C)nc2C)cc1C(=O)O. The molecule has 1 aromatic heterocycles. The molecule has 0 fully saturated rings. The van der Waals surface area contributed by atoms with E-state index >= 15 is 0 Å². The second-order valence-electron chi connectivity index (χ2n) is 5.55. The van der Waals surface area contributed by atoms with Crippen LogP contribution >= 0.6 is 0 Å². The molecule has 2 rings (SSSR count). The maximum atomic E-state index is 12.7. The average Bonchev–Trinajstić information content (AvgIpc) is 2.55. The zero-order valence-electron chi connectivity index (χ0n) is 14.8. The molecule has 1 aromatic carbocycles. The molecule has 0 radical (unpaired) electrons. The number of carboxylic acids is 1. The van der Waals surface area contributed by atoms with Crippen LogP contribution in [0.15, 0.2) is 18.2 Å². The normalized spacial score (nSPS) is 10.3. The molecule has 7 nitrogen and oxygen atoms in total. The summed E-state index contributed by atoms with van der Waals surface area (Å²) < 4.78 is 10.4. The number of hydrogen-bond donors (Lipinski definition) is 2. The molecule has 1 heterocycles. The van der Waals surface area contributed by atoms with Crippen molar-refractivity contribution in [3.8, 4) is 11.5 Å². The van der Waals surface area contributed by atoms with Crippen molar-refractivity contribution in [1.82, 2.24) is 4.98 Å². The maximum absolute atomic E-state index is 12.7. The monoisotopic (exact) mass is 344 g/mol. The molecule has 2 aromatic rings. The number of ether oxygens (including phenoxy) is 2. The molecular weight excluding hydrogens is 324 g/mol. The number of anilines is 1. The van der Waals surface area contributed by atoms with Gasteiger partial charge in [0.1, 0.15) is 22.7 Å². The summed E-state index contributed by atoms with van der Waals surface area (Å²) in [6.45, 7) is 5.29. The summed E-state index contributed by atoms with van der Waals surface area (Å²) in [5.74, 6) is -0.929. The average molecular weight is 344 g/mol. The fourth-order valence-electron chi connectivity index (χ4n) is 2.55. The van der Waals surface area contributed by atoms with Gasteiger partial charge in [0.05, 0.1) is 19.9 Å². The Hall–Kier alpha value is -3.09. The first-order valence-corrected chi connectivity index (χ1v) is 7.54. The zero-order valence-corrected chi connectivity index (χ0v) is 14.8. The molecule has 0 aliphatic rings. The van der Waals surface area contributed by atoms with Crippen LogP contribution in [-0.4, -0.2) is 36.2 Å². The Morgan fingerprint density at radius 1 is 1.00 bits per heavy atom. The number of hydrogen-bond acceptors (Lipinski definition) is 5. The molecule has 25 heavy (non-hydrogen) atoms. The Bertz CT molecular complexity index is 846. The molecule has 0 bridgehead atoms. The molecule has 0 saturated heterocycles. The standard InChI is InChI=1S/C18H20N2O5/c1-9-6-14(24-4)13(18(22)23)8-12(9)17(21)20-16-11(3)19-10(2)7-15(16)25-5/h6-8H,1-5H3,(H,20,21)(H,22,23). The zero-order chi connectivity index (χ0) is 18.7. The molecule has 7 heteroatoms. The summed E-state index contributed by atoms with van der Waals surface area (Å²) in [5, 5.41) is 12.1. The fraction of sp³-hybridized carbons (Fsp3) is 0.278. The summed E-state index contributed by atoms with van der Waals surface area (Å²) in [6, 6.07) is 4.54. The molecule has 0 aliphatic carbocycles. The van der Waals surface area contributed by atoms with E-state index in [9.17, 15) is 14.7 Å². The predicted octanol–water partition coefficient (Wildman–Crippen LogP) is 2.97. The van der Waals surface area contributed by atoms with Gasteiger partial charge in [-0.1, -0.05) is 0 Å². The number of aryl methyl sites for hydroxylation is 3. The van der Waals surface area contributed by atoms with Gasteiger partial charge >= 0.3 is 5.97 Å². The minimum atomic E-state index is -1.17. The van der Waals surface area contributed by atoms with Crippen molar-refractivity contribution in [2.45, 2.75) is 20.8 Å². The van der Waals surface area contributed by atoms with Crippen molar-refractivity contribution in [2.75, 3.05) is 19.5 Å². The van der Waals surface area contributed by atoms with Crippen molar-refractivity contribution >= 4 is 17.6 Å². The van der Waals surface area contributed by atoms with Crippen molar-refractivity contribution in [2.24, 2.45) is 0 Å². The van der Waals surface area contributed by atoms with E-state index in [0.717, 1.165) is 5.69 Å². The van der Waals surface area contributed by atoms with Gasteiger partial charge in [0.15, 0.2) is 0 Å². The number of nitrogens with zero attached hydrogens (tertiary/aromatic N) is 1. The fourth-order valence-corrected chi connectivity index (χ4v) is 2.55. The lowest BCUT2D eigenvalue weighted by atomic mass is 10.0. The first-order chi connectivity index (χ1) is 11.8. The summed E-state index contributed by atoms with van der Waals surface area (Å²) in [4.78, 5) is 28.4. The molecule has 0 saturated carbocycles. The Kier molecular flexibility index (Phi) is 5.26. The highest BCUT2D eigenvalue weighted by atomic mass is 16.5. The molecule has 1 amide bonds. The topological polar surface area (TPSA) is 97.8 Å². The Labute approximate surface area is 145 Å². The van der Waals surface area contributed by atoms with Gasteiger partial charge in [-0.05, 0) is 38.5 Å². The first-order valence-electron chi connectivity index (χ1n) is 7.54. The highest BCUT2D eigenvalue weighted by Gasteiger charge is 2.20. The third kappa shape index (κ3) is 3.71. The number of amides is 1. The van der Waals surface area contributed by atoms with Crippen LogP contribution in [-0.2, 0) is 0 Å². The van der Waals surface area contributed by atoms with Crippen molar-refractivity contribution < 1.29 is 24.2 Å². The highest BCUT2D eigenvalue weighted by molar-refractivity contribution is 6.08. The van der Waals surface area contributed by atoms with E-state index in [-0.39, 0.29) is 16.9 Å². The number of pyridine rings is 1. The lowest BCUT2D eigenvalue weighted by molar-refractivity contribution is 0.0693. The number of aromatic carboxylic acids is 1. The van der Waals surface area contributed by atoms with Crippen LogP contribution in [0.1, 0.15) is 37.7 Å². The summed E-state index contributed by atoms with van der Waals surface area (Å²) >= 11 is 0. The van der Waals surface area contributed by atoms with Crippen molar-refractivity contribution in [1.29, 1.82) is 0 Å². The van der Waals surface area contributed by atoms with Crippen LogP contribution in [0.2, 0.25) is 0 Å². The van der Waals surface area contributed by atoms with E-state index in [4.69, 9.17) is 9.47 Å². The van der Waals surface area contributed by atoms with E-state index in [0.29, 0.717) is 22.7 Å². The third-order valence-corrected chi connectivity index (χ3v) is 3.77. The van der Waals surface area contributed by atoms with Gasteiger partial charge in [0.25, 0.3) is 5.91 Å². The van der Waals surface area contributed by atoms with E-state index in [1.165, 1.54) is 26.4 Å². The Balaban J connectivity index is 2.46. The van der Waals surface area contributed by atoms with E-state index in [2.05, 4.69) is 10.3 Å². The Morgan fingerprint density at radius 3 is 2.20 bits per heavy atom. The second-order valence-corrected chi connectivity index (χ2v) is 5.55. The molecule has 0 unspecified atom stereocenters. The van der Waals surface area contributed by atoms with Crippen LogP contribution in [0.25, 0.3) is 0 Å². The van der Waals surface area contributed by atoms with Gasteiger partial charge in [0, 0.05) is 17.3 Å². The highest BCUT2D eigenvalue weighted by Crippen LogP contribution is 2.29. The minimum absolute atomic E-state index is 0.0797. The summed E-state index contributed by atoms with van der Waals surface area (Å²) in [7, 11) is 2.89. The molecule has 0 spiro atoms. The van der Waals surface area contributed by atoms with Crippen LogP contribution in [0.3, 0.4) is 0 Å². The molecule has 2 N–H and O–H groups in total. The quantitative estimate of drug-likeness (QED) is 0.865. The van der Waals surface area contributed by atoms with Crippen LogP contribution in [0.5, 0.6) is 11.5 Å². The van der Waals surface area contributed by atoms with Crippen LogP contribution in [0, 0.1) is 20.8 Å². The van der Waals surface area contributed by atoms with E-state index < -0.39 is 11.9 Å². The number of benzene rings is 1. The molecule has 0 atom stereocenters. The number of carboxylic acid groups (broad SMARTS) is 1. The Morgan fingerprint density at radius 2 is 1.64 bits per heavy atom. The van der Waals surface area contributed by atoms with Crippen LogP contribution < -0.4 is 14.8 Å². The molecule has 132 valence electrons. The number of rotatable bonds is 5. The van der Waals surface area contributed by atoms with Gasteiger partial charge in [-0.2, -0.15) is 0 Å². The van der Waals surface area contributed by atoms with E-state index in [1.807, 2.05) is 6.92 Å². The lowest BCUT2D eigenvalue weighted by Gasteiger charge is -2.15. The largest absolute Gasteiger partial charge is 0.496 e. The van der Waals surface area contributed by atoms with Gasteiger partial charge in [-0.3, -0.25) is 9.78 Å². The second kappa shape index (κ2) is 7.21. The number of carbonyl (C=O) groups is 2. The summed E-state index contributed by atoms with van der Waals surface area (Å²) in [5.41, 5.74) is 2.57. The van der Waals surface area contributed by atoms with Gasteiger partial charge < -0.3 is 19.9 Å².